The molecule has 2 heteroatoms. The Bertz CT molecular complexity index is 150. The van der Waals surface area contributed by atoms with Crippen LogP contribution < -0.4 is 0 Å². The minimum absolute atomic E-state index is 0.305. The Kier molecular flexibility index (Phi) is 3.73. The van der Waals surface area contributed by atoms with Crippen molar-refractivity contribution in [2.24, 2.45) is 0 Å². The van der Waals surface area contributed by atoms with Crippen LogP contribution in [0.3, 0.4) is 0 Å². The van der Waals surface area contributed by atoms with Crippen molar-refractivity contribution in [2.45, 2.75) is 45.1 Å². The lowest BCUT2D eigenvalue weighted by Gasteiger charge is -2.23. The topological polar surface area (TPSA) is 20.3 Å². The summed E-state index contributed by atoms with van der Waals surface area (Å²) >= 11 is 0. The highest BCUT2D eigenvalue weighted by molar-refractivity contribution is 5.75. The van der Waals surface area contributed by atoms with E-state index in [1.807, 2.05) is 0 Å². The average Bonchev–Trinajstić information content (AvgIpc) is 2.51. The molecule has 1 rings (SSSR count). The fourth-order valence-corrected chi connectivity index (χ4v) is 1.86. The lowest BCUT2D eigenvalue weighted by Crippen LogP contribution is -2.30. The number of Topliss-reactive ketones (excluding diaryl/α,β-unsaturated/α-hetero) is 1. The summed E-state index contributed by atoms with van der Waals surface area (Å²) < 4.78 is 0. The molecule has 0 aliphatic heterocycles. The third kappa shape index (κ3) is 2.94. The summed E-state index contributed by atoms with van der Waals surface area (Å²) in [6.45, 7) is 2.61. The van der Waals surface area contributed by atoms with Crippen LogP contribution in [0.15, 0.2) is 0 Å². The molecule has 0 radical (unpaired) electrons. The average molecular weight is 169 g/mol. The predicted octanol–water partition coefficient (Wildman–Crippen LogP) is 1.84. The third-order valence-corrected chi connectivity index (χ3v) is 2.76. The van der Waals surface area contributed by atoms with E-state index in [-0.39, 0.29) is 0 Å². The lowest BCUT2D eigenvalue weighted by atomic mass is 10.2. The summed E-state index contributed by atoms with van der Waals surface area (Å²) in [5.74, 6) is 0.305. The van der Waals surface area contributed by atoms with Gasteiger partial charge in [-0.1, -0.05) is 12.8 Å². The molecule has 0 spiro atoms. The minimum Gasteiger partial charge on any atom is -0.303 e. The van der Waals surface area contributed by atoms with Crippen LogP contribution in [0, 0.1) is 0 Å². The fraction of sp³-hybridized carbons (Fsp3) is 0.900. The molecule has 0 saturated heterocycles. The molecule has 0 aromatic carbocycles. The van der Waals surface area contributed by atoms with Crippen LogP contribution in [0.1, 0.15) is 39.0 Å². The van der Waals surface area contributed by atoms with E-state index in [0.717, 1.165) is 12.6 Å². The van der Waals surface area contributed by atoms with Crippen molar-refractivity contribution in [3.8, 4) is 0 Å². The Balaban J connectivity index is 2.17. The quantitative estimate of drug-likeness (QED) is 0.640. The summed E-state index contributed by atoms with van der Waals surface area (Å²) in [5.41, 5.74) is 0. The molecule has 0 amide bonds. The Morgan fingerprint density at radius 2 is 2.00 bits per heavy atom. The Morgan fingerprint density at radius 3 is 2.50 bits per heavy atom. The molecular formula is C10H19NO. The maximum absolute atomic E-state index is 10.7. The predicted molar refractivity (Wildman–Crippen MR) is 50.2 cm³/mol. The second kappa shape index (κ2) is 4.61. The number of carbonyl (C=O) groups is 1. The van der Waals surface area contributed by atoms with Crippen molar-refractivity contribution in [3.63, 3.8) is 0 Å². The maximum Gasteiger partial charge on any atom is 0.131 e. The van der Waals surface area contributed by atoms with E-state index in [1.54, 1.807) is 6.92 Å². The molecular weight excluding hydrogens is 150 g/mol. The van der Waals surface area contributed by atoms with Crippen LogP contribution in [-0.2, 0) is 4.79 Å². The summed E-state index contributed by atoms with van der Waals surface area (Å²) in [6, 6.07) is 0.754. The monoisotopic (exact) mass is 169 g/mol. The SMILES string of the molecule is CC(=O)CCN(C)C1CCCC1. The second-order valence-electron chi connectivity index (χ2n) is 3.87. The molecule has 0 atom stereocenters. The zero-order valence-corrected chi connectivity index (χ0v) is 8.18. The van der Waals surface area contributed by atoms with Crippen LogP contribution in [0.25, 0.3) is 0 Å². The first-order chi connectivity index (χ1) is 5.70. The molecule has 0 heterocycles. The fourth-order valence-electron chi connectivity index (χ4n) is 1.86. The van der Waals surface area contributed by atoms with Gasteiger partial charge in [-0.05, 0) is 26.8 Å². The van der Waals surface area contributed by atoms with Gasteiger partial charge in [0.2, 0.25) is 0 Å². The molecule has 2 nitrogen and oxygen atoms in total. The van der Waals surface area contributed by atoms with E-state index in [0.29, 0.717) is 12.2 Å². The number of rotatable bonds is 4. The van der Waals surface area contributed by atoms with Gasteiger partial charge in [-0.2, -0.15) is 0 Å². The molecule has 0 unspecified atom stereocenters. The van der Waals surface area contributed by atoms with Crippen LogP contribution in [0.2, 0.25) is 0 Å². The van der Waals surface area contributed by atoms with E-state index < -0.39 is 0 Å². The van der Waals surface area contributed by atoms with Crippen molar-refractivity contribution in [1.29, 1.82) is 0 Å². The van der Waals surface area contributed by atoms with Crippen LogP contribution in [0.5, 0.6) is 0 Å². The molecule has 1 aliphatic rings. The molecule has 0 aromatic heterocycles. The van der Waals surface area contributed by atoms with Crippen molar-refractivity contribution in [2.75, 3.05) is 13.6 Å². The first kappa shape index (κ1) is 9.72. The van der Waals surface area contributed by atoms with Gasteiger partial charge in [0.05, 0.1) is 0 Å². The highest BCUT2D eigenvalue weighted by Crippen LogP contribution is 2.22. The van der Waals surface area contributed by atoms with Gasteiger partial charge in [0, 0.05) is 19.0 Å². The van der Waals surface area contributed by atoms with Gasteiger partial charge in [0.25, 0.3) is 0 Å². The number of carbonyl (C=O) groups excluding carboxylic acids is 1. The van der Waals surface area contributed by atoms with Gasteiger partial charge < -0.3 is 4.90 Å². The molecule has 1 aliphatic carbocycles. The highest BCUT2D eigenvalue weighted by Gasteiger charge is 2.18. The second-order valence-corrected chi connectivity index (χ2v) is 3.87. The van der Waals surface area contributed by atoms with Crippen LogP contribution in [-0.4, -0.2) is 30.3 Å². The van der Waals surface area contributed by atoms with Gasteiger partial charge in [0.1, 0.15) is 5.78 Å². The Hall–Kier alpha value is -0.370. The largest absolute Gasteiger partial charge is 0.303 e. The summed E-state index contributed by atoms with van der Waals surface area (Å²) in [4.78, 5) is 13.1. The van der Waals surface area contributed by atoms with Gasteiger partial charge in [-0.15, -0.1) is 0 Å². The standard InChI is InChI=1S/C10H19NO/c1-9(12)7-8-11(2)10-5-3-4-6-10/h10H,3-8H2,1-2H3. The van der Waals surface area contributed by atoms with Crippen molar-refractivity contribution in [1.82, 2.24) is 4.90 Å². The number of nitrogens with zero attached hydrogens (tertiary/aromatic N) is 1. The van der Waals surface area contributed by atoms with Crippen molar-refractivity contribution >= 4 is 5.78 Å². The van der Waals surface area contributed by atoms with E-state index in [4.69, 9.17) is 0 Å². The van der Waals surface area contributed by atoms with E-state index >= 15 is 0 Å². The van der Waals surface area contributed by atoms with E-state index in [9.17, 15) is 4.79 Å². The first-order valence-electron chi connectivity index (χ1n) is 4.90. The number of hydrogen-bond acceptors (Lipinski definition) is 2. The molecule has 70 valence electrons. The van der Waals surface area contributed by atoms with Gasteiger partial charge in [-0.3, -0.25) is 4.79 Å². The van der Waals surface area contributed by atoms with Gasteiger partial charge in [-0.25, -0.2) is 0 Å². The Morgan fingerprint density at radius 1 is 1.42 bits per heavy atom. The lowest BCUT2D eigenvalue weighted by molar-refractivity contribution is -0.117. The minimum atomic E-state index is 0.305. The maximum atomic E-state index is 10.7. The highest BCUT2D eigenvalue weighted by atomic mass is 16.1. The van der Waals surface area contributed by atoms with Gasteiger partial charge >= 0.3 is 0 Å². The number of ketones is 1. The van der Waals surface area contributed by atoms with Gasteiger partial charge in [0.15, 0.2) is 0 Å². The Labute approximate surface area is 74.9 Å². The van der Waals surface area contributed by atoms with Crippen molar-refractivity contribution in [3.05, 3.63) is 0 Å². The molecule has 1 saturated carbocycles. The number of hydrogen-bond donors (Lipinski definition) is 0. The smallest absolute Gasteiger partial charge is 0.131 e. The summed E-state index contributed by atoms with van der Waals surface area (Å²) in [6.07, 6.45) is 6.11. The summed E-state index contributed by atoms with van der Waals surface area (Å²) in [5, 5.41) is 0. The van der Waals surface area contributed by atoms with Crippen LogP contribution >= 0.6 is 0 Å². The molecule has 0 bridgehead atoms. The van der Waals surface area contributed by atoms with Crippen LogP contribution in [0.4, 0.5) is 0 Å². The van der Waals surface area contributed by atoms with E-state index in [2.05, 4.69) is 11.9 Å². The zero-order chi connectivity index (χ0) is 8.97. The molecule has 0 N–H and O–H groups in total. The molecule has 0 aromatic rings. The van der Waals surface area contributed by atoms with E-state index in [1.165, 1.54) is 25.7 Å². The third-order valence-electron chi connectivity index (χ3n) is 2.76. The normalized spacial score (nSPS) is 18.9. The summed E-state index contributed by atoms with van der Waals surface area (Å²) in [7, 11) is 2.14. The first-order valence-corrected chi connectivity index (χ1v) is 4.90. The molecule has 1 fully saturated rings. The van der Waals surface area contributed by atoms with Crippen molar-refractivity contribution < 1.29 is 4.79 Å². The zero-order valence-electron chi connectivity index (χ0n) is 8.18. The molecule has 12 heavy (non-hydrogen) atoms.